The van der Waals surface area contributed by atoms with Crippen LogP contribution in [-0.4, -0.2) is 66.4 Å². The molecule has 1 fully saturated rings. The highest BCUT2D eigenvalue weighted by Gasteiger charge is 2.27. The molecule has 0 spiro atoms. The number of rotatable bonds is 8. The van der Waals surface area contributed by atoms with E-state index in [-0.39, 0.29) is 29.7 Å². The summed E-state index contributed by atoms with van der Waals surface area (Å²) < 4.78 is 5.03. The number of para-hydroxylation sites is 1. The Labute approximate surface area is 211 Å². The van der Waals surface area contributed by atoms with E-state index in [1.165, 1.54) is 0 Å². The van der Waals surface area contributed by atoms with Crippen molar-refractivity contribution in [1.82, 2.24) is 9.80 Å². The zero-order valence-corrected chi connectivity index (χ0v) is 21.1. The van der Waals surface area contributed by atoms with Crippen LogP contribution in [0.1, 0.15) is 54.3 Å². The molecule has 9 nitrogen and oxygen atoms in total. The molecule has 0 aliphatic carbocycles. The molecule has 2 aromatic rings. The largest absolute Gasteiger partial charge is 0.450 e. The molecule has 1 heterocycles. The fourth-order valence-electron chi connectivity index (χ4n) is 4.09. The Morgan fingerprint density at radius 1 is 0.861 bits per heavy atom. The van der Waals surface area contributed by atoms with E-state index in [0.29, 0.717) is 55.3 Å². The molecule has 1 aliphatic heterocycles. The number of hydrogen-bond donors (Lipinski definition) is 2. The lowest BCUT2D eigenvalue weighted by Gasteiger charge is -2.34. The van der Waals surface area contributed by atoms with Crippen LogP contribution in [0, 0.1) is 5.92 Å². The van der Waals surface area contributed by atoms with E-state index in [9.17, 15) is 19.2 Å². The van der Waals surface area contributed by atoms with Gasteiger partial charge in [0.1, 0.15) is 0 Å². The normalized spacial score (nSPS) is 13.3. The molecule has 0 radical (unpaired) electrons. The first-order valence-electron chi connectivity index (χ1n) is 12.4. The second-order valence-corrected chi connectivity index (χ2v) is 8.56. The number of nitrogens with one attached hydrogen (secondary N) is 2. The van der Waals surface area contributed by atoms with Gasteiger partial charge in [-0.1, -0.05) is 32.0 Å². The predicted octanol–water partition coefficient (Wildman–Crippen LogP) is 4.23. The zero-order valence-electron chi connectivity index (χ0n) is 21.1. The van der Waals surface area contributed by atoms with Gasteiger partial charge in [-0.05, 0) is 50.1 Å². The number of hydrogen-bond acceptors (Lipinski definition) is 5. The van der Waals surface area contributed by atoms with E-state index in [0.717, 1.165) is 12.8 Å². The molecule has 0 saturated carbocycles. The summed E-state index contributed by atoms with van der Waals surface area (Å²) in [7, 11) is 0. The number of carbonyl (C=O) groups is 4. The lowest BCUT2D eigenvalue weighted by Crippen LogP contribution is -2.50. The van der Waals surface area contributed by atoms with Crippen molar-refractivity contribution < 1.29 is 23.9 Å². The summed E-state index contributed by atoms with van der Waals surface area (Å²) in [5, 5.41) is 5.71. The monoisotopic (exact) mass is 494 g/mol. The van der Waals surface area contributed by atoms with Gasteiger partial charge in [0.2, 0.25) is 5.91 Å². The fraction of sp³-hybridized carbons (Fsp3) is 0.407. The van der Waals surface area contributed by atoms with Gasteiger partial charge < -0.3 is 25.2 Å². The zero-order chi connectivity index (χ0) is 26.1. The Kier molecular flexibility index (Phi) is 9.44. The van der Waals surface area contributed by atoms with E-state index in [4.69, 9.17) is 4.74 Å². The van der Waals surface area contributed by atoms with Gasteiger partial charge in [-0.25, -0.2) is 4.79 Å². The van der Waals surface area contributed by atoms with Gasteiger partial charge in [-0.3, -0.25) is 14.4 Å². The van der Waals surface area contributed by atoms with Gasteiger partial charge in [0.25, 0.3) is 11.8 Å². The number of amides is 4. The average molecular weight is 495 g/mol. The Morgan fingerprint density at radius 3 is 2.19 bits per heavy atom. The summed E-state index contributed by atoms with van der Waals surface area (Å²) in [6, 6.07) is 13.6. The Balaban J connectivity index is 1.68. The standard InChI is InChI=1S/C27H34N4O5/c1-4-19(5-2)24(32)28-21-11-9-10-20(18-21)25(33)29-23-13-8-7-12-22(23)26(34)30-14-16-31(17-15-30)27(35)36-6-3/h7-13,18-19H,4-6,14-17H2,1-3H3,(H,28,32)(H,29,33). The van der Waals surface area contributed by atoms with Crippen LogP contribution >= 0.6 is 0 Å². The molecule has 9 heteroatoms. The van der Waals surface area contributed by atoms with Crippen LogP contribution in [0.25, 0.3) is 0 Å². The summed E-state index contributed by atoms with van der Waals surface area (Å²) in [5.41, 5.74) is 1.67. The third-order valence-corrected chi connectivity index (χ3v) is 6.25. The van der Waals surface area contributed by atoms with E-state index >= 15 is 0 Å². The molecule has 3 rings (SSSR count). The minimum Gasteiger partial charge on any atom is -0.450 e. The summed E-state index contributed by atoms with van der Waals surface area (Å²) >= 11 is 0. The number of ether oxygens (including phenoxy) is 1. The highest BCUT2D eigenvalue weighted by atomic mass is 16.6. The van der Waals surface area contributed by atoms with Crippen molar-refractivity contribution in [1.29, 1.82) is 0 Å². The molecule has 1 saturated heterocycles. The van der Waals surface area contributed by atoms with Gasteiger partial charge in [-0.2, -0.15) is 0 Å². The van der Waals surface area contributed by atoms with E-state index in [1.807, 2.05) is 13.8 Å². The summed E-state index contributed by atoms with van der Waals surface area (Å²) in [4.78, 5) is 53.8. The van der Waals surface area contributed by atoms with Crippen molar-refractivity contribution in [3.05, 3.63) is 59.7 Å². The minimum absolute atomic E-state index is 0.0726. The number of piperazine rings is 1. The molecule has 0 unspecified atom stereocenters. The Morgan fingerprint density at radius 2 is 1.53 bits per heavy atom. The smallest absolute Gasteiger partial charge is 0.409 e. The maximum atomic E-state index is 13.2. The van der Waals surface area contributed by atoms with Crippen LogP contribution in [-0.2, 0) is 9.53 Å². The molecule has 2 aromatic carbocycles. The first-order valence-corrected chi connectivity index (χ1v) is 12.4. The maximum Gasteiger partial charge on any atom is 0.409 e. The van der Waals surface area contributed by atoms with Crippen molar-refractivity contribution in [2.75, 3.05) is 43.4 Å². The first-order chi connectivity index (χ1) is 17.4. The van der Waals surface area contributed by atoms with Gasteiger partial charge in [-0.15, -0.1) is 0 Å². The minimum atomic E-state index is -0.388. The second-order valence-electron chi connectivity index (χ2n) is 8.56. The number of nitrogens with zero attached hydrogens (tertiary/aromatic N) is 2. The quantitative estimate of drug-likeness (QED) is 0.571. The molecular weight excluding hydrogens is 460 g/mol. The van der Waals surface area contributed by atoms with Crippen LogP contribution in [0.5, 0.6) is 0 Å². The number of benzene rings is 2. The van der Waals surface area contributed by atoms with Gasteiger partial charge in [0.15, 0.2) is 0 Å². The van der Waals surface area contributed by atoms with Crippen molar-refractivity contribution >= 4 is 35.2 Å². The third-order valence-electron chi connectivity index (χ3n) is 6.25. The maximum absolute atomic E-state index is 13.2. The molecule has 0 atom stereocenters. The van der Waals surface area contributed by atoms with Crippen molar-refractivity contribution in [2.24, 2.45) is 5.92 Å². The molecule has 192 valence electrons. The SMILES string of the molecule is CCOC(=O)N1CCN(C(=O)c2ccccc2NC(=O)c2cccc(NC(=O)C(CC)CC)c2)CC1. The highest BCUT2D eigenvalue weighted by Crippen LogP contribution is 2.21. The van der Waals surface area contributed by atoms with Gasteiger partial charge in [0, 0.05) is 43.3 Å². The molecule has 0 aromatic heterocycles. The van der Waals surface area contributed by atoms with Gasteiger partial charge >= 0.3 is 6.09 Å². The average Bonchev–Trinajstić information content (AvgIpc) is 2.89. The van der Waals surface area contributed by atoms with Crippen molar-refractivity contribution in [3.63, 3.8) is 0 Å². The lowest BCUT2D eigenvalue weighted by molar-refractivity contribution is -0.120. The molecule has 4 amide bonds. The van der Waals surface area contributed by atoms with Crippen LogP contribution in [0.3, 0.4) is 0 Å². The highest BCUT2D eigenvalue weighted by molar-refractivity contribution is 6.09. The molecular formula is C27H34N4O5. The van der Waals surface area contributed by atoms with Gasteiger partial charge in [0.05, 0.1) is 17.9 Å². The van der Waals surface area contributed by atoms with E-state index in [1.54, 1.807) is 65.3 Å². The van der Waals surface area contributed by atoms with Crippen LogP contribution in [0.2, 0.25) is 0 Å². The topological polar surface area (TPSA) is 108 Å². The predicted molar refractivity (Wildman–Crippen MR) is 138 cm³/mol. The second kappa shape index (κ2) is 12.7. The van der Waals surface area contributed by atoms with Crippen LogP contribution < -0.4 is 10.6 Å². The first kappa shape index (κ1) is 26.7. The fourth-order valence-corrected chi connectivity index (χ4v) is 4.09. The molecule has 36 heavy (non-hydrogen) atoms. The lowest BCUT2D eigenvalue weighted by atomic mass is 10.0. The summed E-state index contributed by atoms with van der Waals surface area (Å²) in [6.07, 6.45) is 1.10. The van der Waals surface area contributed by atoms with E-state index in [2.05, 4.69) is 10.6 Å². The molecule has 2 N–H and O–H groups in total. The Bertz CT molecular complexity index is 1090. The molecule has 0 bridgehead atoms. The van der Waals surface area contributed by atoms with E-state index < -0.39 is 0 Å². The van der Waals surface area contributed by atoms with Crippen molar-refractivity contribution in [2.45, 2.75) is 33.6 Å². The Hall–Kier alpha value is -3.88. The van der Waals surface area contributed by atoms with Crippen LogP contribution in [0.4, 0.5) is 16.2 Å². The third kappa shape index (κ3) is 6.62. The number of carbonyl (C=O) groups excluding carboxylic acids is 4. The summed E-state index contributed by atoms with van der Waals surface area (Å²) in [5.74, 6) is -0.766. The summed E-state index contributed by atoms with van der Waals surface area (Å²) in [6.45, 7) is 7.51. The molecule has 1 aliphatic rings. The van der Waals surface area contributed by atoms with Crippen LogP contribution in [0.15, 0.2) is 48.5 Å². The number of anilines is 2. The van der Waals surface area contributed by atoms with Crippen molar-refractivity contribution in [3.8, 4) is 0 Å².